The van der Waals surface area contributed by atoms with Crippen molar-refractivity contribution in [1.82, 2.24) is 15.0 Å². The lowest BCUT2D eigenvalue weighted by atomic mass is 10.2. The zero-order chi connectivity index (χ0) is 20.9. The van der Waals surface area contributed by atoms with Crippen molar-refractivity contribution in [1.29, 1.82) is 0 Å². The van der Waals surface area contributed by atoms with E-state index in [1.165, 1.54) is 12.3 Å². The van der Waals surface area contributed by atoms with Gasteiger partial charge in [0.15, 0.2) is 0 Å². The molecule has 10 nitrogen and oxygen atoms in total. The summed E-state index contributed by atoms with van der Waals surface area (Å²) in [6.45, 7) is 5.27. The molecule has 0 spiro atoms. The van der Waals surface area contributed by atoms with Crippen molar-refractivity contribution >= 4 is 47.3 Å². The summed E-state index contributed by atoms with van der Waals surface area (Å²) in [5, 5.41) is 14.7. The number of anilines is 3. The molecule has 2 aliphatic heterocycles. The van der Waals surface area contributed by atoms with E-state index in [9.17, 15) is 5.11 Å². The van der Waals surface area contributed by atoms with Crippen LogP contribution >= 0.6 is 23.2 Å². The van der Waals surface area contributed by atoms with E-state index in [0.29, 0.717) is 75.1 Å². The van der Waals surface area contributed by atoms with Crippen LogP contribution in [0.15, 0.2) is 17.2 Å². The summed E-state index contributed by atoms with van der Waals surface area (Å²) in [4.78, 5) is 17.7. The Balaban J connectivity index is 1.58. The van der Waals surface area contributed by atoms with E-state index in [1.54, 1.807) is 6.07 Å². The number of hydrogen-bond donors (Lipinski definition) is 2. The molecule has 0 atom stereocenters. The fourth-order valence-electron chi connectivity index (χ4n) is 3.06. The van der Waals surface area contributed by atoms with Crippen LogP contribution in [0.5, 0.6) is 5.75 Å². The van der Waals surface area contributed by atoms with Gasteiger partial charge in [0.1, 0.15) is 5.75 Å². The maximum atomic E-state index is 10.1. The Morgan fingerprint density at radius 3 is 2.07 bits per heavy atom. The summed E-state index contributed by atoms with van der Waals surface area (Å²) in [6.07, 6.45) is 1.40. The molecule has 0 unspecified atom stereocenters. The van der Waals surface area contributed by atoms with E-state index in [1.807, 2.05) is 9.80 Å². The average molecular weight is 454 g/mol. The molecule has 2 aromatic rings. The van der Waals surface area contributed by atoms with Crippen LogP contribution in [-0.4, -0.2) is 78.9 Å². The minimum absolute atomic E-state index is 0.106. The lowest BCUT2D eigenvalue weighted by Gasteiger charge is -2.30. The van der Waals surface area contributed by atoms with Gasteiger partial charge >= 0.3 is 0 Å². The van der Waals surface area contributed by atoms with E-state index >= 15 is 0 Å². The molecule has 3 heterocycles. The normalized spacial score (nSPS) is 17.5. The molecule has 2 saturated heterocycles. The van der Waals surface area contributed by atoms with Crippen molar-refractivity contribution in [2.75, 3.05) is 67.8 Å². The Morgan fingerprint density at radius 1 is 0.933 bits per heavy atom. The number of phenols is 1. The number of nitrogens with zero attached hydrogens (tertiary/aromatic N) is 6. The van der Waals surface area contributed by atoms with Gasteiger partial charge in [-0.1, -0.05) is 23.2 Å². The number of rotatable bonds is 5. The highest BCUT2D eigenvalue weighted by atomic mass is 35.5. The van der Waals surface area contributed by atoms with Crippen LogP contribution in [0, 0.1) is 0 Å². The van der Waals surface area contributed by atoms with Crippen LogP contribution in [-0.2, 0) is 9.47 Å². The molecule has 0 amide bonds. The monoisotopic (exact) mass is 453 g/mol. The number of nitrogens with one attached hydrogen (secondary N) is 1. The molecular weight excluding hydrogens is 433 g/mol. The summed E-state index contributed by atoms with van der Waals surface area (Å²) >= 11 is 11.9. The lowest BCUT2D eigenvalue weighted by Crippen LogP contribution is -2.40. The first kappa shape index (κ1) is 20.9. The molecule has 4 rings (SSSR count). The van der Waals surface area contributed by atoms with Gasteiger partial charge in [0.2, 0.25) is 17.8 Å². The lowest BCUT2D eigenvalue weighted by molar-refractivity contribution is 0.121. The van der Waals surface area contributed by atoms with Crippen molar-refractivity contribution in [3.63, 3.8) is 0 Å². The van der Waals surface area contributed by atoms with Crippen molar-refractivity contribution in [2.24, 2.45) is 5.10 Å². The zero-order valence-corrected chi connectivity index (χ0v) is 17.6. The van der Waals surface area contributed by atoms with Gasteiger partial charge in [0.05, 0.1) is 37.7 Å². The van der Waals surface area contributed by atoms with Crippen molar-refractivity contribution < 1.29 is 14.6 Å². The van der Waals surface area contributed by atoms with E-state index in [-0.39, 0.29) is 16.7 Å². The number of aromatic hydroxyl groups is 1. The van der Waals surface area contributed by atoms with Gasteiger partial charge in [-0.3, -0.25) is 0 Å². The Morgan fingerprint density at radius 2 is 1.50 bits per heavy atom. The third-order valence-corrected chi connectivity index (χ3v) is 5.13. The van der Waals surface area contributed by atoms with Crippen LogP contribution in [0.2, 0.25) is 10.0 Å². The molecule has 0 aliphatic carbocycles. The first-order valence-electron chi connectivity index (χ1n) is 9.49. The van der Waals surface area contributed by atoms with E-state index < -0.39 is 0 Å². The summed E-state index contributed by atoms with van der Waals surface area (Å²) in [5.74, 6) is 1.30. The number of morpholine rings is 2. The molecule has 1 aromatic heterocycles. The molecule has 160 valence electrons. The minimum Gasteiger partial charge on any atom is -0.506 e. The average Bonchev–Trinajstić information content (AvgIpc) is 2.78. The Kier molecular flexibility index (Phi) is 6.68. The molecule has 2 aliphatic rings. The number of phenolic OH excluding ortho intramolecular Hbond substituents is 1. The summed E-state index contributed by atoms with van der Waals surface area (Å²) in [7, 11) is 0. The third kappa shape index (κ3) is 5.01. The van der Waals surface area contributed by atoms with E-state index in [4.69, 9.17) is 32.7 Å². The number of halogens is 2. The van der Waals surface area contributed by atoms with Gasteiger partial charge in [0.25, 0.3) is 0 Å². The molecule has 0 saturated carbocycles. The van der Waals surface area contributed by atoms with Crippen LogP contribution in [0.4, 0.5) is 17.8 Å². The van der Waals surface area contributed by atoms with E-state index in [0.717, 1.165) is 0 Å². The molecular formula is C18H21Cl2N7O3. The van der Waals surface area contributed by atoms with Gasteiger partial charge in [-0.15, -0.1) is 0 Å². The second-order valence-corrected chi connectivity index (χ2v) is 7.50. The second-order valence-electron chi connectivity index (χ2n) is 6.65. The maximum absolute atomic E-state index is 10.1. The summed E-state index contributed by atoms with van der Waals surface area (Å²) in [6, 6.07) is 3.01. The van der Waals surface area contributed by atoms with Crippen LogP contribution in [0.1, 0.15) is 5.56 Å². The molecule has 1 aromatic carbocycles. The Labute approximate surface area is 183 Å². The second kappa shape index (κ2) is 9.61. The minimum atomic E-state index is -0.106. The molecule has 0 bridgehead atoms. The highest BCUT2D eigenvalue weighted by molar-refractivity contribution is 6.36. The van der Waals surface area contributed by atoms with Gasteiger partial charge < -0.3 is 24.4 Å². The first-order chi connectivity index (χ1) is 14.6. The smallest absolute Gasteiger partial charge is 0.250 e. The predicted octanol–water partition coefficient (Wildman–Crippen LogP) is 2.00. The standard InChI is InChI=1S/C18H21Cl2N7O3/c19-13-9-12(15(28)14(20)10-13)11-21-25-16-22-17(26-1-5-29-6-2-26)24-18(23-16)27-3-7-30-8-4-27/h9-11,28H,1-8H2,(H,22,23,24,25)/b21-11+. The van der Waals surface area contributed by atoms with E-state index in [2.05, 4.69) is 25.5 Å². The molecule has 30 heavy (non-hydrogen) atoms. The molecule has 2 fully saturated rings. The highest BCUT2D eigenvalue weighted by Gasteiger charge is 2.20. The number of benzene rings is 1. The van der Waals surface area contributed by atoms with Crippen molar-refractivity contribution in [3.8, 4) is 5.75 Å². The number of hydrazone groups is 1. The molecule has 0 radical (unpaired) electrons. The fourth-order valence-corrected chi connectivity index (χ4v) is 3.57. The number of ether oxygens (including phenoxy) is 2. The van der Waals surface area contributed by atoms with Crippen LogP contribution in [0.25, 0.3) is 0 Å². The number of aromatic nitrogens is 3. The Bertz CT molecular complexity index is 883. The van der Waals surface area contributed by atoms with Gasteiger partial charge in [0, 0.05) is 36.8 Å². The third-order valence-electron chi connectivity index (χ3n) is 4.63. The Hall–Kier alpha value is -2.40. The maximum Gasteiger partial charge on any atom is 0.250 e. The fraction of sp³-hybridized carbons (Fsp3) is 0.444. The molecule has 12 heteroatoms. The number of hydrogen-bond acceptors (Lipinski definition) is 10. The quantitative estimate of drug-likeness (QED) is 0.518. The van der Waals surface area contributed by atoms with Gasteiger partial charge in [-0.2, -0.15) is 20.1 Å². The largest absolute Gasteiger partial charge is 0.506 e. The zero-order valence-electron chi connectivity index (χ0n) is 16.1. The van der Waals surface area contributed by atoms with Crippen LogP contribution < -0.4 is 15.2 Å². The summed E-state index contributed by atoms with van der Waals surface area (Å²) < 4.78 is 10.8. The predicted molar refractivity (Wildman–Crippen MR) is 115 cm³/mol. The SMILES string of the molecule is Oc1c(Cl)cc(Cl)cc1/C=N/Nc1nc(N2CCOCC2)nc(N2CCOCC2)n1. The van der Waals surface area contributed by atoms with Gasteiger partial charge in [-0.05, 0) is 12.1 Å². The van der Waals surface area contributed by atoms with Crippen molar-refractivity contribution in [2.45, 2.75) is 0 Å². The van der Waals surface area contributed by atoms with Gasteiger partial charge in [-0.25, -0.2) is 5.43 Å². The van der Waals surface area contributed by atoms with Crippen molar-refractivity contribution in [3.05, 3.63) is 27.7 Å². The highest BCUT2D eigenvalue weighted by Crippen LogP contribution is 2.30. The van der Waals surface area contributed by atoms with Crippen LogP contribution in [0.3, 0.4) is 0 Å². The summed E-state index contributed by atoms with van der Waals surface area (Å²) in [5.41, 5.74) is 3.18. The molecule has 2 N–H and O–H groups in total. The first-order valence-corrected chi connectivity index (χ1v) is 10.2. The topological polar surface area (TPSA) is 108 Å².